The molecule has 1 N–H and O–H groups in total. The molecule has 2 amide bonds. The number of thiazole rings is 1. The average molecular weight is 352 g/mol. The van der Waals surface area contributed by atoms with Gasteiger partial charge in [0.1, 0.15) is 5.60 Å². The maximum atomic E-state index is 12.0. The van der Waals surface area contributed by atoms with E-state index in [9.17, 15) is 9.59 Å². The second-order valence-electron chi connectivity index (χ2n) is 6.57. The summed E-state index contributed by atoms with van der Waals surface area (Å²) in [5.41, 5.74) is -0.469. The largest absolute Gasteiger partial charge is 0.444 e. The summed E-state index contributed by atoms with van der Waals surface area (Å²) in [6.45, 7) is 12.6. The van der Waals surface area contributed by atoms with E-state index in [1.54, 1.807) is 11.1 Å². The van der Waals surface area contributed by atoms with Crippen molar-refractivity contribution in [3.8, 4) is 0 Å². The average Bonchev–Trinajstić information content (AvgIpc) is 2.93. The molecule has 0 aliphatic carbocycles. The second-order valence-corrected chi connectivity index (χ2v) is 7.68. The zero-order valence-corrected chi connectivity index (χ0v) is 15.2. The Morgan fingerprint density at radius 1 is 1.38 bits per heavy atom. The lowest BCUT2D eigenvalue weighted by atomic mass is 10.2. The van der Waals surface area contributed by atoms with Crippen molar-refractivity contribution in [2.75, 3.05) is 31.5 Å². The minimum Gasteiger partial charge on any atom is -0.444 e. The molecule has 2 heterocycles. The normalized spacial score (nSPS) is 15.9. The van der Waals surface area contributed by atoms with Crippen LogP contribution in [0.3, 0.4) is 0 Å². The summed E-state index contributed by atoms with van der Waals surface area (Å²) < 4.78 is 5.39. The van der Waals surface area contributed by atoms with Crippen LogP contribution in [-0.2, 0) is 16.1 Å². The topological polar surface area (TPSA) is 74.8 Å². The van der Waals surface area contributed by atoms with Crippen LogP contribution < -0.4 is 5.32 Å². The number of amides is 2. The summed E-state index contributed by atoms with van der Waals surface area (Å²) in [4.78, 5) is 32.5. The molecule has 1 aliphatic heterocycles. The Balaban J connectivity index is 1.80. The van der Waals surface area contributed by atoms with Crippen LogP contribution in [0, 0.1) is 0 Å². The Bertz CT molecular complexity index is 601. The van der Waals surface area contributed by atoms with Crippen molar-refractivity contribution < 1.29 is 14.3 Å². The SMILES string of the molecule is C=CC(=O)Nc1ncc(CN2CCN(C(=O)OC(C)(C)C)CC2)s1. The Labute approximate surface area is 146 Å². The van der Waals surface area contributed by atoms with E-state index < -0.39 is 5.60 Å². The van der Waals surface area contributed by atoms with Crippen molar-refractivity contribution >= 4 is 28.5 Å². The van der Waals surface area contributed by atoms with Gasteiger partial charge in [-0.2, -0.15) is 0 Å². The minimum absolute atomic E-state index is 0.255. The molecule has 8 heteroatoms. The van der Waals surface area contributed by atoms with Gasteiger partial charge in [-0.25, -0.2) is 9.78 Å². The van der Waals surface area contributed by atoms with Gasteiger partial charge in [-0.1, -0.05) is 6.58 Å². The summed E-state index contributed by atoms with van der Waals surface area (Å²) in [6.07, 6.45) is 2.73. The first-order valence-corrected chi connectivity index (χ1v) is 8.67. The number of hydrogen-bond donors (Lipinski definition) is 1. The predicted octanol–water partition coefficient (Wildman–Crippen LogP) is 2.32. The van der Waals surface area contributed by atoms with E-state index in [0.717, 1.165) is 24.5 Å². The number of piperazine rings is 1. The lowest BCUT2D eigenvalue weighted by Gasteiger charge is -2.35. The third kappa shape index (κ3) is 5.61. The zero-order chi connectivity index (χ0) is 17.7. The number of nitrogens with zero attached hydrogens (tertiary/aromatic N) is 3. The maximum Gasteiger partial charge on any atom is 0.410 e. The van der Waals surface area contributed by atoms with Gasteiger partial charge in [0.05, 0.1) is 0 Å². The van der Waals surface area contributed by atoms with E-state index in [-0.39, 0.29) is 12.0 Å². The van der Waals surface area contributed by atoms with E-state index in [4.69, 9.17) is 4.74 Å². The highest BCUT2D eigenvalue weighted by molar-refractivity contribution is 7.15. The van der Waals surface area contributed by atoms with Gasteiger partial charge in [0.15, 0.2) is 5.13 Å². The summed E-state index contributed by atoms with van der Waals surface area (Å²) in [5.74, 6) is -0.262. The number of ether oxygens (including phenoxy) is 1. The molecule has 7 nitrogen and oxygen atoms in total. The molecule has 0 spiro atoms. The van der Waals surface area contributed by atoms with Crippen molar-refractivity contribution in [1.29, 1.82) is 0 Å². The zero-order valence-electron chi connectivity index (χ0n) is 14.4. The van der Waals surface area contributed by atoms with Crippen LogP contribution in [0.2, 0.25) is 0 Å². The smallest absolute Gasteiger partial charge is 0.410 e. The van der Waals surface area contributed by atoms with Gasteiger partial charge >= 0.3 is 6.09 Å². The summed E-state index contributed by atoms with van der Waals surface area (Å²) in [5, 5.41) is 3.23. The van der Waals surface area contributed by atoms with Crippen molar-refractivity contribution in [3.05, 3.63) is 23.7 Å². The Hall–Kier alpha value is -1.93. The van der Waals surface area contributed by atoms with Crippen LogP contribution in [0.25, 0.3) is 0 Å². The molecule has 0 atom stereocenters. The van der Waals surface area contributed by atoms with Crippen molar-refractivity contribution in [2.24, 2.45) is 0 Å². The molecule has 0 unspecified atom stereocenters. The molecule has 0 bridgehead atoms. The third-order valence-corrected chi connectivity index (χ3v) is 4.27. The van der Waals surface area contributed by atoms with Crippen LogP contribution in [0.15, 0.2) is 18.9 Å². The number of hydrogen-bond acceptors (Lipinski definition) is 6. The number of aromatic nitrogens is 1. The lowest BCUT2D eigenvalue weighted by Crippen LogP contribution is -2.49. The first kappa shape index (κ1) is 18.4. The molecule has 1 saturated heterocycles. The molecule has 0 aromatic carbocycles. The molecule has 1 aromatic rings. The first-order valence-electron chi connectivity index (χ1n) is 7.85. The van der Waals surface area contributed by atoms with Crippen LogP contribution >= 0.6 is 11.3 Å². The Kier molecular flexibility index (Phi) is 5.95. The van der Waals surface area contributed by atoms with Gasteiger partial charge in [0.25, 0.3) is 0 Å². The molecular formula is C16H24N4O3S. The van der Waals surface area contributed by atoms with Gasteiger partial charge in [-0.15, -0.1) is 11.3 Å². The van der Waals surface area contributed by atoms with Gasteiger partial charge in [0.2, 0.25) is 5.91 Å². The molecule has 2 rings (SSSR count). The van der Waals surface area contributed by atoms with E-state index in [0.29, 0.717) is 18.2 Å². The minimum atomic E-state index is -0.469. The molecular weight excluding hydrogens is 328 g/mol. The van der Waals surface area contributed by atoms with Gasteiger partial charge < -0.3 is 9.64 Å². The number of carbonyl (C=O) groups is 2. The maximum absolute atomic E-state index is 12.0. The number of rotatable bonds is 4. The van der Waals surface area contributed by atoms with E-state index >= 15 is 0 Å². The highest BCUT2D eigenvalue weighted by Gasteiger charge is 2.26. The van der Waals surface area contributed by atoms with Crippen molar-refractivity contribution in [2.45, 2.75) is 32.9 Å². The highest BCUT2D eigenvalue weighted by Crippen LogP contribution is 2.20. The Morgan fingerprint density at radius 3 is 2.62 bits per heavy atom. The molecule has 1 aliphatic rings. The van der Waals surface area contributed by atoms with Crippen LogP contribution in [0.5, 0.6) is 0 Å². The van der Waals surface area contributed by atoms with Gasteiger partial charge in [0, 0.05) is 43.8 Å². The van der Waals surface area contributed by atoms with Crippen LogP contribution in [-0.4, -0.2) is 58.6 Å². The summed E-state index contributed by atoms with van der Waals surface area (Å²) in [6, 6.07) is 0. The molecule has 0 saturated carbocycles. The molecule has 1 fully saturated rings. The lowest BCUT2D eigenvalue weighted by molar-refractivity contribution is -0.111. The van der Waals surface area contributed by atoms with Crippen LogP contribution in [0.4, 0.5) is 9.93 Å². The van der Waals surface area contributed by atoms with Crippen molar-refractivity contribution in [3.63, 3.8) is 0 Å². The van der Waals surface area contributed by atoms with Crippen molar-refractivity contribution in [1.82, 2.24) is 14.8 Å². The molecule has 1 aromatic heterocycles. The predicted molar refractivity (Wildman–Crippen MR) is 94.0 cm³/mol. The number of carbonyl (C=O) groups excluding carboxylic acids is 2. The van der Waals surface area contributed by atoms with Crippen LogP contribution in [0.1, 0.15) is 25.6 Å². The van der Waals surface area contributed by atoms with E-state index in [2.05, 4.69) is 21.8 Å². The van der Waals surface area contributed by atoms with Gasteiger partial charge in [-0.3, -0.25) is 15.0 Å². The number of nitrogens with one attached hydrogen (secondary N) is 1. The standard InChI is InChI=1S/C16H24N4O3S/c1-5-13(21)18-14-17-10-12(24-14)11-19-6-8-20(9-7-19)15(22)23-16(2,3)4/h5,10H,1,6-9,11H2,2-4H3,(H,17,18,21). The summed E-state index contributed by atoms with van der Waals surface area (Å²) >= 11 is 1.45. The van der Waals surface area contributed by atoms with E-state index in [1.165, 1.54) is 17.4 Å². The molecule has 24 heavy (non-hydrogen) atoms. The highest BCUT2D eigenvalue weighted by atomic mass is 32.1. The fraction of sp³-hybridized carbons (Fsp3) is 0.562. The fourth-order valence-electron chi connectivity index (χ4n) is 2.23. The van der Waals surface area contributed by atoms with Gasteiger partial charge in [-0.05, 0) is 26.8 Å². The fourth-order valence-corrected chi connectivity index (χ4v) is 3.09. The van der Waals surface area contributed by atoms with E-state index in [1.807, 2.05) is 20.8 Å². The summed E-state index contributed by atoms with van der Waals surface area (Å²) in [7, 11) is 0. The molecule has 132 valence electrons. The quantitative estimate of drug-likeness (QED) is 0.842. The first-order chi connectivity index (χ1) is 11.3. The third-order valence-electron chi connectivity index (χ3n) is 3.37. The molecule has 0 radical (unpaired) electrons. The number of anilines is 1. The Morgan fingerprint density at radius 2 is 2.04 bits per heavy atom. The second kappa shape index (κ2) is 7.76. The monoisotopic (exact) mass is 352 g/mol.